The van der Waals surface area contributed by atoms with E-state index in [9.17, 15) is 9.90 Å². The molecule has 1 atom stereocenters. The minimum absolute atomic E-state index is 0.00880. The Hall–Kier alpha value is -1.59. The van der Waals surface area contributed by atoms with E-state index in [-0.39, 0.29) is 25.7 Å². The summed E-state index contributed by atoms with van der Waals surface area (Å²) in [5.74, 6) is -0.271. The number of rotatable bonds is 8. The van der Waals surface area contributed by atoms with E-state index in [2.05, 4.69) is 0 Å². The zero-order chi connectivity index (χ0) is 14.3. The van der Waals surface area contributed by atoms with Crippen LogP contribution < -0.4 is 4.74 Å². The number of aliphatic hydroxyl groups is 1. The molecule has 5 nitrogen and oxygen atoms in total. The van der Waals surface area contributed by atoms with Crippen LogP contribution in [0.2, 0.25) is 0 Å². The summed E-state index contributed by atoms with van der Waals surface area (Å²) >= 11 is 0. The molecular weight excluding hydrogens is 248 g/mol. The average molecular weight is 268 g/mol. The van der Waals surface area contributed by atoms with Gasteiger partial charge in [0.2, 0.25) is 0 Å². The lowest BCUT2D eigenvalue weighted by Crippen LogP contribution is -2.25. The molecule has 0 aliphatic heterocycles. The molecule has 19 heavy (non-hydrogen) atoms. The van der Waals surface area contributed by atoms with E-state index >= 15 is 0 Å². The number of aliphatic carboxylic acids is 1. The van der Waals surface area contributed by atoms with E-state index in [1.807, 2.05) is 13.8 Å². The molecule has 1 aromatic rings. The molecule has 0 aromatic heterocycles. The number of hydrogen-bond acceptors (Lipinski definition) is 4. The lowest BCUT2D eigenvalue weighted by molar-refractivity contribution is -0.136. The second-order valence-corrected chi connectivity index (χ2v) is 4.56. The molecule has 2 N–H and O–H groups in total. The molecule has 5 heteroatoms. The number of carboxylic acid groups (broad SMARTS) is 1. The summed E-state index contributed by atoms with van der Waals surface area (Å²) in [5, 5.41) is 18.2. The molecule has 1 aromatic carbocycles. The number of aliphatic hydroxyl groups excluding tert-OH is 1. The number of ether oxygens (including phenoxy) is 2. The Morgan fingerprint density at radius 2 is 1.84 bits per heavy atom. The smallest absolute Gasteiger partial charge is 0.307 e. The molecule has 0 fully saturated rings. The average Bonchev–Trinajstić information content (AvgIpc) is 2.35. The zero-order valence-corrected chi connectivity index (χ0v) is 11.2. The molecule has 0 aliphatic carbocycles. The minimum atomic E-state index is -0.866. The summed E-state index contributed by atoms with van der Waals surface area (Å²) < 4.78 is 10.6. The van der Waals surface area contributed by atoms with Crippen molar-refractivity contribution >= 4 is 5.97 Å². The monoisotopic (exact) mass is 268 g/mol. The van der Waals surface area contributed by atoms with Gasteiger partial charge in [-0.15, -0.1) is 0 Å². The van der Waals surface area contributed by atoms with Crippen molar-refractivity contribution in [1.29, 1.82) is 0 Å². The highest BCUT2D eigenvalue weighted by Gasteiger charge is 2.07. The first-order chi connectivity index (χ1) is 8.97. The van der Waals surface area contributed by atoms with E-state index < -0.39 is 12.1 Å². The molecular formula is C14H20O5. The van der Waals surface area contributed by atoms with E-state index in [0.29, 0.717) is 11.3 Å². The van der Waals surface area contributed by atoms with Crippen molar-refractivity contribution in [3.8, 4) is 5.75 Å². The van der Waals surface area contributed by atoms with Crippen molar-refractivity contribution in [1.82, 2.24) is 0 Å². The van der Waals surface area contributed by atoms with Crippen molar-refractivity contribution in [3.05, 3.63) is 29.8 Å². The summed E-state index contributed by atoms with van der Waals surface area (Å²) in [4.78, 5) is 10.5. The Balaban J connectivity index is 2.35. The van der Waals surface area contributed by atoms with Crippen LogP contribution in [0.4, 0.5) is 0 Å². The van der Waals surface area contributed by atoms with Crippen LogP contribution in [-0.2, 0) is 16.0 Å². The van der Waals surface area contributed by atoms with Crippen LogP contribution in [0, 0.1) is 0 Å². The highest BCUT2D eigenvalue weighted by atomic mass is 16.5. The molecule has 0 amide bonds. The van der Waals surface area contributed by atoms with Crippen molar-refractivity contribution in [3.63, 3.8) is 0 Å². The second-order valence-electron chi connectivity index (χ2n) is 4.56. The van der Waals surface area contributed by atoms with E-state index in [1.54, 1.807) is 24.3 Å². The fraction of sp³-hybridized carbons (Fsp3) is 0.500. The highest BCUT2D eigenvalue weighted by Crippen LogP contribution is 2.13. The molecule has 1 rings (SSSR count). The molecule has 0 saturated heterocycles. The van der Waals surface area contributed by atoms with Crippen molar-refractivity contribution < 1.29 is 24.5 Å². The van der Waals surface area contributed by atoms with E-state index in [0.717, 1.165) is 0 Å². The summed E-state index contributed by atoms with van der Waals surface area (Å²) in [6.07, 6.45) is -0.614. The Bertz CT molecular complexity index is 385. The molecule has 0 aliphatic rings. The van der Waals surface area contributed by atoms with Gasteiger partial charge >= 0.3 is 5.97 Å². The first-order valence-corrected chi connectivity index (χ1v) is 6.20. The lowest BCUT2D eigenvalue weighted by atomic mass is 10.1. The molecule has 0 saturated carbocycles. The van der Waals surface area contributed by atoms with Crippen molar-refractivity contribution in [2.75, 3.05) is 13.2 Å². The fourth-order valence-electron chi connectivity index (χ4n) is 1.42. The highest BCUT2D eigenvalue weighted by molar-refractivity contribution is 5.70. The number of carbonyl (C=O) groups is 1. The number of benzene rings is 1. The third-order valence-electron chi connectivity index (χ3n) is 2.34. The Morgan fingerprint density at radius 3 is 2.37 bits per heavy atom. The maximum atomic E-state index is 10.5. The maximum absolute atomic E-state index is 10.5. The number of carboxylic acids is 1. The quantitative estimate of drug-likeness (QED) is 0.747. The van der Waals surface area contributed by atoms with Gasteiger partial charge in [0.1, 0.15) is 18.5 Å². The van der Waals surface area contributed by atoms with Gasteiger partial charge in [0.05, 0.1) is 19.1 Å². The van der Waals surface area contributed by atoms with Gasteiger partial charge in [0, 0.05) is 0 Å². The van der Waals surface area contributed by atoms with Gasteiger partial charge in [0.25, 0.3) is 0 Å². The standard InChI is InChI=1S/C14H20O5/c1-10(2)18-8-12(15)9-19-13-5-3-11(4-6-13)7-14(16)17/h3-6,10,12,15H,7-9H2,1-2H3,(H,16,17). The van der Waals surface area contributed by atoms with Gasteiger partial charge < -0.3 is 19.7 Å². The number of hydrogen-bond donors (Lipinski definition) is 2. The van der Waals surface area contributed by atoms with Gasteiger partial charge in [-0.3, -0.25) is 4.79 Å². The summed E-state index contributed by atoms with van der Waals surface area (Å²) in [7, 11) is 0. The lowest BCUT2D eigenvalue weighted by Gasteiger charge is -2.14. The van der Waals surface area contributed by atoms with Crippen molar-refractivity contribution in [2.24, 2.45) is 0 Å². The SMILES string of the molecule is CC(C)OCC(O)COc1ccc(CC(=O)O)cc1. The van der Waals surface area contributed by atoms with Gasteiger partial charge in [0.15, 0.2) is 0 Å². The Morgan fingerprint density at radius 1 is 1.21 bits per heavy atom. The largest absolute Gasteiger partial charge is 0.491 e. The zero-order valence-electron chi connectivity index (χ0n) is 11.2. The first kappa shape index (κ1) is 15.5. The van der Waals surface area contributed by atoms with E-state index in [4.69, 9.17) is 14.6 Å². The predicted molar refractivity (Wildman–Crippen MR) is 70.4 cm³/mol. The topological polar surface area (TPSA) is 76.0 Å². The van der Waals surface area contributed by atoms with Gasteiger partial charge in [-0.25, -0.2) is 0 Å². The van der Waals surface area contributed by atoms with Crippen LogP contribution in [0.1, 0.15) is 19.4 Å². The molecule has 0 heterocycles. The Kier molecular flexibility index (Phi) is 6.32. The minimum Gasteiger partial charge on any atom is -0.491 e. The van der Waals surface area contributed by atoms with Gasteiger partial charge in [-0.2, -0.15) is 0 Å². The molecule has 0 radical (unpaired) electrons. The van der Waals surface area contributed by atoms with Crippen LogP contribution in [0.15, 0.2) is 24.3 Å². The molecule has 0 bridgehead atoms. The third-order valence-corrected chi connectivity index (χ3v) is 2.34. The fourth-order valence-corrected chi connectivity index (χ4v) is 1.42. The predicted octanol–water partition coefficient (Wildman–Crippen LogP) is 1.48. The van der Waals surface area contributed by atoms with Crippen LogP contribution in [0.5, 0.6) is 5.75 Å². The normalized spacial score (nSPS) is 12.4. The maximum Gasteiger partial charge on any atom is 0.307 e. The van der Waals surface area contributed by atoms with Crippen molar-refractivity contribution in [2.45, 2.75) is 32.5 Å². The van der Waals surface area contributed by atoms with Crippen LogP contribution in [0.3, 0.4) is 0 Å². The first-order valence-electron chi connectivity index (χ1n) is 6.20. The molecule has 106 valence electrons. The van der Waals surface area contributed by atoms with Gasteiger partial charge in [-0.05, 0) is 31.5 Å². The second kappa shape index (κ2) is 7.76. The molecule has 1 unspecified atom stereocenters. The Labute approximate surface area is 112 Å². The summed E-state index contributed by atoms with van der Waals surface area (Å²) in [6, 6.07) is 6.77. The van der Waals surface area contributed by atoms with Crippen LogP contribution >= 0.6 is 0 Å². The van der Waals surface area contributed by atoms with Crippen LogP contribution in [-0.4, -0.2) is 41.6 Å². The summed E-state index contributed by atoms with van der Waals surface area (Å²) in [5.41, 5.74) is 0.712. The van der Waals surface area contributed by atoms with Gasteiger partial charge in [-0.1, -0.05) is 12.1 Å². The molecule has 0 spiro atoms. The van der Waals surface area contributed by atoms with E-state index in [1.165, 1.54) is 0 Å². The van der Waals surface area contributed by atoms with Crippen LogP contribution in [0.25, 0.3) is 0 Å². The third kappa shape index (κ3) is 6.79. The summed E-state index contributed by atoms with van der Waals surface area (Å²) in [6.45, 7) is 4.17.